The molecule has 0 spiro atoms. The van der Waals surface area contributed by atoms with Crippen LogP contribution in [0.15, 0.2) is 48.5 Å². The first-order valence-corrected chi connectivity index (χ1v) is 8.48. The highest BCUT2D eigenvalue weighted by atomic mass is 31.2. The van der Waals surface area contributed by atoms with Crippen LogP contribution in [-0.2, 0) is 4.57 Å². The molecular formula is C15H14NO5P. The number of hydrogen-bond acceptors (Lipinski definition) is 3. The molecule has 3 N–H and O–H groups in total. The van der Waals surface area contributed by atoms with Gasteiger partial charge < -0.3 is 15.3 Å². The van der Waals surface area contributed by atoms with Gasteiger partial charge in [0.25, 0.3) is 0 Å². The molecule has 2 rings (SSSR count). The molecule has 0 aromatic heterocycles. The van der Waals surface area contributed by atoms with Gasteiger partial charge in [-0.2, -0.15) is 0 Å². The van der Waals surface area contributed by atoms with Crippen molar-refractivity contribution < 1.29 is 24.4 Å². The summed E-state index contributed by atoms with van der Waals surface area (Å²) < 4.78 is 12.7. The van der Waals surface area contributed by atoms with E-state index in [2.05, 4.69) is 5.09 Å². The van der Waals surface area contributed by atoms with Crippen LogP contribution in [0.1, 0.15) is 20.7 Å². The van der Waals surface area contributed by atoms with E-state index in [1.165, 1.54) is 18.8 Å². The Morgan fingerprint density at radius 1 is 0.955 bits per heavy atom. The zero-order valence-electron chi connectivity index (χ0n) is 11.7. The van der Waals surface area contributed by atoms with Crippen LogP contribution in [0, 0.1) is 0 Å². The highest BCUT2D eigenvalue weighted by Gasteiger charge is 2.19. The van der Waals surface area contributed by atoms with Gasteiger partial charge in [-0.25, -0.2) is 9.59 Å². The molecule has 0 aliphatic rings. The number of anilines is 1. The van der Waals surface area contributed by atoms with Crippen molar-refractivity contribution in [1.82, 2.24) is 0 Å². The van der Waals surface area contributed by atoms with E-state index in [1.807, 2.05) is 0 Å². The predicted octanol–water partition coefficient (Wildman–Crippen LogP) is 2.73. The summed E-state index contributed by atoms with van der Waals surface area (Å²) in [6.07, 6.45) is 0. The quantitative estimate of drug-likeness (QED) is 0.732. The Morgan fingerprint density at radius 3 is 1.91 bits per heavy atom. The summed E-state index contributed by atoms with van der Waals surface area (Å²) in [4.78, 5) is 22.1. The smallest absolute Gasteiger partial charge is 0.335 e. The SMILES string of the molecule is CP(=O)(Nc1cc(C(=O)O)cc(C(=O)O)c1)c1ccccc1. The second-order valence-corrected chi connectivity index (χ2v) is 7.37. The standard InChI is InChI=1S/C15H14NO5P/c1-22(21,13-5-3-2-4-6-13)16-12-8-10(14(17)18)7-11(9-12)15(19)20/h2-9H,1H3,(H,16,21)(H,17,18)(H,19,20). The van der Waals surface area contributed by atoms with Crippen molar-refractivity contribution in [3.05, 3.63) is 59.7 Å². The number of aromatic carboxylic acids is 2. The monoisotopic (exact) mass is 319 g/mol. The lowest BCUT2D eigenvalue weighted by atomic mass is 10.1. The van der Waals surface area contributed by atoms with Gasteiger partial charge in [-0.15, -0.1) is 0 Å². The van der Waals surface area contributed by atoms with Crippen molar-refractivity contribution >= 4 is 30.2 Å². The Labute approximate surface area is 126 Å². The Morgan fingerprint density at radius 2 is 1.45 bits per heavy atom. The van der Waals surface area contributed by atoms with Gasteiger partial charge in [0.15, 0.2) is 7.29 Å². The van der Waals surface area contributed by atoms with E-state index < -0.39 is 19.2 Å². The molecule has 1 atom stereocenters. The molecule has 6 nitrogen and oxygen atoms in total. The van der Waals surface area contributed by atoms with Crippen LogP contribution >= 0.6 is 7.29 Å². The zero-order valence-corrected chi connectivity index (χ0v) is 12.6. The molecule has 1 unspecified atom stereocenters. The first kappa shape index (κ1) is 15.8. The second-order valence-electron chi connectivity index (χ2n) is 4.78. The average molecular weight is 319 g/mol. The molecule has 0 saturated heterocycles. The summed E-state index contributed by atoms with van der Waals surface area (Å²) >= 11 is 0. The van der Waals surface area contributed by atoms with Gasteiger partial charge in [0.1, 0.15) is 0 Å². The van der Waals surface area contributed by atoms with E-state index in [4.69, 9.17) is 10.2 Å². The molecule has 2 aromatic rings. The van der Waals surface area contributed by atoms with Crippen molar-refractivity contribution in [1.29, 1.82) is 0 Å². The molecule has 0 saturated carbocycles. The van der Waals surface area contributed by atoms with Gasteiger partial charge in [0.05, 0.1) is 11.1 Å². The summed E-state index contributed by atoms with van der Waals surface area (Å²) in [7, 11) is -3.00. The van der Waals surface area contributed by atoms with Gasteiger partial charge in [-0.05, 0) is 30.3 Å². The molecule has 2 aromatic carbocycles. The van der Waals surface area contributed by atoms with Crippen LogP contribution in [0.4, 0.5) is 5.69 Å². The van der Waals surface area contributed by atoms with E-state index in [0.717, 1.165) is 6.07 Å². The molecule has 0 amide bonds. The maximum absolute atomic E-state index is 12.7. The fraction of sp³-hybridized carbons (Fsp3) is 0.0667. The van der Waals surface area contributed by atoms with Crippen LogP contribution in [0.25, 0.3) is 0 Å². The van der Waals surface area contributed by atoms with Crippen molar-refractivity contribution in [3.8, 4) is 0 Å². The van der Waals surface area contributed by atoms with Crippen LogP contribution in [0.2, 0.25) is 0 Å². The van der Waals surface area contributed by atoms with Crippen LogP contribution in [0.5, 0.6) is 0 Å². The third-order valence-electron chi connectivity index (χ3n) is 3.02. The largest absolute Gasteiger partial charge is 0.478 e. The number of nitrogens with one attached hydrogen (secondary N) is 1. The first-order valence-electron chi connectivity index (χ1n) is 6.33. The number of carbonyl (C=O) groups is 2. The van der Waals surface area contributed by atoms with E-state index in [1.54, 1.807) is 30.3 Å². The van der Waals surface area contributed by atoms with Crippen molar-refractivity contribution in [3.63, 3.8) is 0 Å². The Hall–Kier alpha value is -2.59. The van der Waals surface area contributed by atoms with Gasteiger partial charge in [-0.1, -0.05) is 18.2 Å². The highest BCUT2D eigenvalue weighted by Crippen LogP contribution is 2.40. The third-order valence-corrected chi connectivity index (χ3v) is 4.99. The number of carboxylic acids is 2. The first-order chi connectivity index (χ1) is 10.3. The summed E-state index contributed by atoms with van der Waals surface area (Å²) in [6.45, 7) is 1.50. The Bertz CT molecular complexity index is 741. The molecule has 22 heavy (non-hydrogen) atoms. The van der Waals surface area contributed by atoms with Crippen molar-refractivity contribution in [2.24, 2.45) is 0 Å². The predicted molar refractivity (Wildman–Crippen MR) is 83.6 cm³/mol. The van der Waals surface area contributed by atoms with Gasteiger partial charge in [-0.3, -0.25) is 4.57 Å². The van der Waals surface area contributed by atoms with Crippen LogP contribution in [0.3, 0.4) is 0 Å². The molecule has 0 aliphatic carbocycles. The summed E-state index contributed by atoms with van der Waals surface area (Å²) in [6, 6.07) is 12.2. The summed E-state index contributed by atoms with van der Waals surface area (Å²) in [5.74, 6) is -2.51. The van der Waals surface area contributed by atoms with E-state index in [9.17, 15) is 14.2 Å². The molecular weight excluding hydrogens is 305 g/mol. The maximum Gasteiger partial charge on any atom is 0.335 e. The average Bonchev–Trinajstić information content (AvgIpc) is 2.47. The second kappa shape index (κ2) is 6.03. The van der Waals surface area contributed by atoms with E-state index >= 15 is 0 Å². The molecule has 7 heteroatoms. The lowest BCUT2D eigenvalue weighted by Crippen LogP contribution is -2.11. The Balaban J connectivity index is 2.42. The third kappa shape index (κ3) is 3.54. The lowest BCUT2D eigenvalue weighted by Gasteiger charge is -2.17. The van der Waals surface area contributed by atoms with Crippen molar-refractivity contribution in [2.75, 3.05) is 11.8 Å². The van der Waals surface area contributed by atoms with Crippen LogP contribution in [-0.4, -0.2) is 28.8 Å². The number of carboxylic acid groups (broad SMARTS) is 2. The van der Waals surface area contributed by atoms with E-state index in [-0.39, 0.29) is 16.8 Å². The molecule has 0 aliphatic heterocycles. The van der Waals surface area contributed by atoms with E-state index in [0.29, 0.717) is 5.30 Å². The zero-order chi connectivity index (χ0) is 16.3. The topological polar surface area (TPSA) is 104 Å². The molecule has 114 valence electrons. The molecule has 0 bridgehead atoms. The van der Waals surface area contributed by atoms with Gasteiger partial charge >= 0.3 is 11.9 Å². The molecule has 0 heterocycles. The van der Waals surface area contributed by atoms with Crippen molar-refractivity contribution in [2.45, 2.75) is 0 Å². The number of rotatable bonds is 5. The fourth-order valence-corrected chi connectivity index (χ4v) is 3.45. The lowest BCUT2D eigenvalue weighted by molar-refractivity contribution is 0.0696. The minimum atomic E-state index is -3.00. The maximum atomic E-state index is 12.7. The Kier molecular flexibility index (Phi) is 4.33. The highest BCUT2D eigenvalue weighted by molar-refractivity contribution is 7.72. The molecule has 0 radical (unpaired) electrons. The van der Waals surface area contributed by atoms with Gasteiger partial charge in [0, 0.05) is 17.7 Å². The molecule has 0 fully saturated rings. The van der Waals surface area contributed by atoms with Gasteiger partial charge in [0.2, 0.25) is 0 Å². The van der Waals surface area contributed by atoms with Crippen LogP contribution < -0.4 is 10.4 Å². The minimum Gasteiger partial charge on any atom is -0.478 e. The normalized spacial score (nSPS) is 13.1. The number of hydrogen-bond donors (Lipinski definition) is 3. The number of benzene rings is 2. The fourth-order valence-electron chi connectivity index (χ4n) is 1.96. The minimum absolute atomic E-state index is 0.185. The summed E-state index contributed by atoms with van der Waals surface area (Å²) in [5, 5.41) is 21.4. The summed E-state index contributed by atoms with van der Waals surface area (Å²) in [5.41, 5.74) is -0.182.